The van der Waals surface area contributed by atoms with Crippen LogP contribution < -0.4 is 21.7 Å². The Labute approximate surface area is 270 Å². The van der Waals surface area contributed by atoms with Crippen molar-refractivity contribution in [2.75, 3.05) is 24.0 Å². The highest BCUT2D eigenvalue weighted by Crippen LogP contribution is 2.21. The van der Waals surface area contributed by atoms with Crippen molar-refractivity contribution in [3.05, 3.63) is 72.1 Å². The summed E-state index contributed by atoms with van der Waals surface area (Å²) >= 11 is 3.04. The number of nitrogens with two attached hydrogens (primary N) is 1. The number of aromatic amines is 2. The molecule has 0 bridgehead atoms. The maximum absolute atomic E-state index is 14.0. The predicted molar refractivity (Wildman–Crippen MR) is 181 cm³/mol. The molecule has 11 nitrogen and oxygen atoms in total. The van der Waals surface area contributed by atoms with E-state index in [9.17, 15) is 24.3 Å². The van der Waals surface area contributed by atoms with Crippen LogP contribution in [0.1, 0.15) is 24.0 Å². The van der Waals surface area contributed by atoms with Crippen molar-refractivity contribution in [1.29, 1.82) is 0 Å². The number of aromatic nitrogens is 2. The molecule has 0 saturated carbocycles. The third-order valence-electron chi connectivity index (χ3n) is 7.66. The van der Waals surface area contributed by atoms with Gasteiger partial charge in [0.05, 0.1) is 6.04 Å². The molecule has 0 aliphatic carbocycles. The van der Waals surface area contributed by atoms with Crippen LogP contribution in [0.5, 0.6) is 0 Å². The Bertz CT molecular complexity index is 1620. The van der Waals surface area contributed by atoms with Crippen LogP contribution in [-0.2, 0) is 32.0 Å². The fourth-order valence-corrected chi connectivity index (χ4v) is 6.11. The zero-order chi connectivity index (χ0) is 32.3. The number of carbonyl (C=O) groups is 4. The number of carboxylic acid groups (broad SMARTS) is 1. The second-order valence-corrected chi connectivity index (χ2v) is 12.8. The molecule has 0 radical (unpaired) electrons. The number of fused-ring (bicyclic) bond motifs is 2. The van der Waals surface area contributed by atoms with Crippen LogP contribution in [0.4, 0.5) is 0 Å². The van der Waals surface area contributed by atoms with E-state index in [1.54, 1.807) is 24.2 Å². The highest BCUT2D eigenvalue weighted by atomic mass is 32.2. The summed E-state index contributed by atoms with van der Waals surface area (Å²) in [5.74, 6) is -1.62. The summed E-state index contributed by atoms with van der Waals surface area (Å²) < 4.78 is 0. The second-order valence-electron chi connectivity index (χ2n) is 10.8. The van der Waals surface area contributed by atoms with E-state index in [1.807, 2.05) is 61.0 Å². The van der Waals surface area contributed by atoms with Gasteiger partial charge in [-0.3, -0.25) is 14.4 Å². The Balaban J connectivity index is 1.62. The zero-order valence-electron chi connectivity index (χ0n) is 25.3. The number of H-pyrrole nitrogens is 2. The summed E-state index contributed by atoms with van der Waals surface area (Å²) in [4.78, 5) is 59.1. The number of aliphatic carboxylic acids is 1. The number of carboxylic acids is 1. The molecule has 45 heavy (non-hydrogen) atoms. The van der Waals surface area contributed by atoms with E-state index in [4.69, 9.17) is 5.73 Å². The molecule has 4 unspecified atom stereocenters. The molecule has 2 aromatic heterocycles. The van der Waals surface area contributed by atoms with E-state index in [2.05, 4.69) is 25.9 Å². The Kier molecular flexibility index (Phi) is 12.4. The van der Waals surface area contributed by atoms with E-state index >= 15 is 0 Å². The molecule has 0 aliphatic rings. The fourth-order valence-electron chi connectivity index (χ4n) is 5.15. The molecule has 0 aliphatic heterocycles. The van der Waals surface area contributed by atoms with Crippen molar-refractivity contribution in [3.63, 3.8) is 0 Å². The number of nitrogens with one attached hydrogen (secondary N) is 5. The van der Waals surface area contributed by atoms with Crippen LogP contribution in [0.2, 0.25) is 0 Å². The van der Waals surface area contributed by atoms with Crippen molar-refractivity contribution in [1.82, 2.24) is 25.9 Å². The first-order valence-electron chi connectivity index (χ1n) is 14.7. The fraction of sp³-hybridized carbons (Fsp3) is 0.375. The molecule has 240 valence electrons. The summed E-state index contributed by atoms with van der Waals surface area (Å²) in [7, 11) is 0. The number of para-hydroxylation sites is 2. The van der Waals surface area contributed by atoms with Gasteiger partial charge in [-0.25, -0.2) is 4.79 Å². The van der Waals surface area contributed by atoms with Crippen LogP contribution in [0.25, 0.3) is 21.8 Å². The minimum absolute atomic E-state index is 0.0947. The lowest BCUT2D eigenvalue weighted by Crippen LogP contribution is -2.58. The number of hydrogen-bond acceptors (Lipinski definition) is 7. The second kappa shape index (κ2) is 16.4. The smallest absolute Gasteiger partial charge is 0.326 e. The minimum Gasteiger partial charge on any atom is -0.480 e. The van der Waals surface area contributed by atoms with Crippen molar-refractivity contribution >= 4 is 69.0 Å². The van der Waals surface area contributed by atoms with Crippen LogP contribution in [-0.4, -0.2) is 86.9 Å². The van der Waals surface area contributed by atoms with Gasteiger partial charge in [0, 0.05) is 47.0 Å². The van der Waals surface area contributed by atoms with Gasteiger partial charge >= 0.3 is 5.97 Å². The lowest BCUT2D eigenvalue weighted by molar-refractivity contribution is -0.142. The minimum atomic E-state index is -1.15. The Morgan fingerprint density at radius 3 is 1.64 bits per heavy atom. The van der Waals surface area contributed by atoms with Gasteiger partial charge in [-0.15, -0.1) is 0 Å². The van der Waals surface area contributed by atoms with Crippen LogP contribution in [0, 0.1) is 0 Å². The van der Waals surface area contributed by atoms with Gasteiger partial charge in [0.1, 0.15) is 18.1 Å². The van der Waals surface area contributed by atoms with Gasteiger partial charge in [-0.1, -0.05) is 36.4 Å². The van der Waals surface area contributed by atoms with Crippen molar-refractivity contribution in [2.24, 2.45) is 5.73 Å². The van der Waals surface area contributed by atoms with Gasteiger partial charge in [0.15, 0.2) is 0 Å². The van der Waals surface area contributed by atoms with Crippen molar-refractivity contribution < 1.29 is 24.3 Å². The number of carbonyl (C=O) groups excluding carboxylic acids is 3. The first-order chi connectivity index (χ1) is 21.7. The Hall–Kier alpha value is -3.94. The number of rotatable bonds is 17. The summed E-state index contributed by atoms with van der Waals surface area (Å²) in [6, 6.07) is 11.1. The molecule has 8 N–H and O–H groups in total. The van der Waals surface area contributed by atoms with E-state index in [1.165, 1.54) is 11.8 Å². The van der Waals surface area contributed by atoms with E-state index in [0.717, 1.165) is 32.9 Å². The average Bonchev–Trinajstić information content (AvgIpc) is 3.64. The third-order valence-corrected chi connectivity index (χ3v) is 8.95. The number of hydrogen-bond donors (Lipinski definition) is 7. The normalized spacial score (nSPS) is 14.0. The summed E-state index contributed by atoms with van der Waals surface area (Å²) in [6.07, 6.45) is 8.25. The standard InChI is InChI=1S/C32H40N6O5S2/c1-44-13-11-23(33)29(39)37-27(15-19-17-34-24-9-5-3-7-21(19)24)31(41)38-28(30(40)36-26(32(42)43)12-14-45-2)16-20-18-35-25-10-6-4-8-22(20)25/h3-10,17-18,23,26-28,34-35H,11-16,33H2,1-2H3,(H,36,40)(H,37,39)(H,38,41)(H,42,43). The third kappa shape index (κ3) is 9.05. The number of amides is 3. The van der Waals surface area contributed by atoms with Crippen LogP contribution >= 0.6 is 23.5 Å². The quantitative estimate of drug-likeness (QED) is 0.0909. The SMILES string of the molecule is CSCCC(N)C(=O)NC(Cc1c[nH]c2ccccc12)C(=O)NC(Cc1c[nH]c2ccccc12)C(=O)NC(CCSC)C(=O)O. The largest absolute Gasteiger partial charge is 0.480 e. The topological polar surface area (TPSA) is 182 Å². The first kappa shape index (κ1) is 33.9. The molecule has 4 aromatic rings. The van der Waals surface area contributed by atoms with Gasteiger partial charge in [0.2, 0.25) is 17.7 Å². The maximum atomic E-state index is 14.0. The highest BCUT2D eigenvalue weighted by molar-refractivity contribution is 7.98. The van der Waals surface area contributed by atoms with E-state index in [0.29, 0.717) is 17.9 Å². The number of thioether (sulfide) groups is 2. The zero-order valence-corrected chi connectivity index (χ0v) is 26.9. The van der Waals surface area contributed by atoms with E-state index < -0.39 is 47.9 Å². The van der Waals surface area contributed by atoms with E-state index in [-0.39, 0.29) is 19.3 Å². The van der Waals surface area contributed by atoms with Gasteiger partial charge < -0.3 is 36.8 Å². The molecule has 13 heteroatoms. The van der Waals surface area contributed by atoms with Crippen molar-refractivity contribution in [3.8, 4) is 0 Å². The van der Waals surface area contributed by atoms with Gasteiger partial charge in [0.25, 0.3) is 0 Å². The first-order valence-corrected chi connectivity index (χ1v) is 17.5. The number of benzene rings is 2. The van der Waals surface area contributed by atoms with Gasteiger partial charge in [-0.2, -0.15) is 23.5 Å². The summed E-state index contributed by atoms with van der Waals surface area (Å²) in [6.45, 7) is 0. The molecule has 2 heterocycles. The molecule has 2 aromatic carbocycles. The Morgan fingerprint density at radius 2 is 1.16 bits per heavy atom. The molecular weight excluding hydrogens is 613 g/mol. The Morgan fingerprint density at radius 1 is 0.711 bits per heavy atom. The molecule has 4 atom stereocenters. The average molecular weight is 653 g/mol. The lowest BCUT2D eigenvalue weighted by Gasteiger charge is -2.25. The maximum Gasteiger partial charge on any atom is 0.326 e. The molecule has 4 rings (SSSR count). The summed E-state index contributed by atoms with van der Waals surface area (Å²) in [5.41, 5.74) is 9.48. The van der Waals surface area contributed by atoms with Crippen molar-refractivity contribution in [2.45, 2.75) is 49.9 Å². The van der Waals surface area contributed by atoms with Crippen LogP contribution in [0.3, 0.4) is 0 Å². The molecule has 0 saturated heterocycles. The monoisotopic (exact) mass is 652 g/mol. The molecule has 0 fully saturated rings. The van der Waals surface area contributed by atoms with Gasteiger partial charge in [-0.05, 0) is 60.1 Å². The molecular formula is C32H40N6O5S2. The predicted octanol–water partition coefficient (Wildman–Crippen LogP) is 2.81. The lowest BCUT2D eigenvalue weighted by atomic mass is 10.0. The summed E-state index contributed by atoms with van der Waals surface area (Å²) in [5, 5.41) is 19.8. The molecule has 3 amide bonds. The van der Waals surface area contributed by atoms with Crippen LogP contribution in [0.15, 0.2) is 60.9 Å². The molecule has 0 spiro atoms. The highest BCUT2D eigenvalue weighted by Gasteiger charge is 2.31.